The second kappa shape index (κ2) is 5.05. The second-order valence-electron chi connectivity index (χ2n) is 4.69. The molecule has 0 saturated heterocycles. The van der Waals surface area contributed by atoms with Gasteiger partial charge in [-0.25, -0.2) is 4.98 Å². The summed E-state index contributed by atoms with van der Waals surface area (Å²) in [5.41, 5.74) is 0. The van der Waals surface area contributed by atoms with Gasteiger partial charge in [-0.1, -0.05) is 31.9 Å². The molecule has 0 aromatic carbocycles. The van der Waals surface area contributed by atoms with Gasteiger partial charge in [0.05, 0.1) is 5.02 Å². The zero-order chi connectivity index (χ0) is 11.5. The van der Waals surface area contributed by atoms with E-state index in [2.05, 4.69) is 24.1 Å². The van der Waals surface area contributed by atoms with E-state index in [4.69, 9.17) is 11.6 Å². The van der Waals surface area contributed by atoms with Crippen molar-refractivity contribution in [2.45, 2.75) is 39.2 Å². The highest BCUT2D eigenvalue weighted by Crippen LogP contribution is 2.36. The standard InChI is InChI=1S/C13H19ClN2/c1-3-10-6-7-12(9(10)2)16-13-11(14)5-4-8-15-13/h4-5,8-10,12H,3,6-7H2,1-2H3,(H,15,16). The molecule has 0 bridgehead atoms. The van der Waals surface area contributed by atoms with Crippen LogP contribution in [0, 0.1) is 11.8 Å². The molecule has 0 aliphatic heterocycles. The number of aromatic nitrogens is 1. The average molecular weight is 239 g/mol. The number of rotatable bonds is 3. The van der Waals surface area contributed by atoms with Crippen LogP contribution in [0.4, 0.5) is 5.82 Å². The van der Waals surface area contributed by atoms with Crippen LogP contribution in [0.2, 0.25) is 5.02 Å². The summed E-state index contributed by atoms with van der Waals surface area (Å²) in [5, 5.41) is 4.20. The average Bonchev–Trinajstić information content (AvgIpc) is 2.63. The zero-order valence-electron chi connectivity index (χ0n) is 9.91. The van der Waals surface area contributed by atoms with Gasteiger partial charge in [0, 0.05) is 12.2 Å². The molecule has 3 atom stereocenters. The van der Waals surface area contributed by atoms with E-state index >= 15 is 0 Å². The Morgan fingerprint density at radius 3 is 2.94 bits per heavy atom. The number of pyridine rings is 1. The first-order chi connectivity index (χ1) is 7.72. The van der Waals surface area contributed by atoms with Crippen molar-refractivity contribution < 1.29 is 0 Å². The van der Waals surface area contributed by atoms with E-state index in [1.54, 1.807) is 6.20 Å². The molecule has 88 valence electrons. The Morgan fingerprint density at radius 2 is 2.31 bits per heavy atom. The van der Waals surface area contributed by atoms with Gasteiger partial charge in [0.15, 0.2) is 0 Å². The molecule has 0 amide bonds. The molecule has 2 rings (SSSR count). The lowest BCUT2D eigenvalue weighted by molar-refractivity contribution is 0.391. The van der Waals surface area contributed by atoms with Crippen LogP contribution in [0.25, 0.3) is 0 Å². The molecular formula is C13H19ClN2. The van der Waals surface area contributed by atoms with Gasteiger partial charge in [-0.3, -0.25) is 0 Å². The molecule has 1 N–H and O–H groups in total. The minimum absolute atomic E-state index is 0.525. The Kier molecular flexibility index (Phi) is 3.70. The van der Waals surface area contributed by atoms with Gasteiger partial charge in [-0.05, 0) is 36.8 Å². The Hall–Kier alpha value is -0.760. The van der Waals surface area contributed by atoms with Crippen molar-refractivity contribution in [3.8, 4) is 0 Å². The Bertz CT molecular complexity index is 354. The fourth-order valence-corrected chi connectivity index (χ4v) is 2.87. The van der Waals surface area contributed by atoms with Gasteiger partial charge in [-0.15, -0.1) is 0 Å². The molecule has 0 spiro atoms. The number of hydrogen-bond donors (Lipinski definition) is 1. The topological polar surface area (TPSA) is 24.9 Å². The lowest BCUT2D eigenvalue weighted by atomic mass is 9.93. The van der Waals surface area contributed by atoms with Gasteiger partial charge in [-0.2, -0.15) is 0 Å². The third-order valence-electron chi connectivity index (χ3n) is 3.83. The Morgan fingerprint density at radius 1 is 1.50 bits per heavy atom. The van der Waals surface area contributed by atoms with E-state index < -0.39 is 0 Å². The monoisotopic (exact) mass is 238 g/mol. The highest BCUT2D eigenvalue weighted by molar-refractivity contribution is 6.32. The minimum atomic E-state index is 0.525. The summed E-state index contributed by atoms with van der Waals surface area (Å²) in [7, 11) is 0. The summed E-state index contributed by atoms with van der Waals surface area (Å²) in [6.07, 6.45) is 5.60. The first kappa shape index (κ1) is 11.7. The van der Waals surface area contributed by atoms with Crippen LogP contribution in [0.15, 0.2) is 18.3 Å². The lowest BCUT2D eigenvalue weighted by Crippen LogP contribution is -2.25. The zero-order valence-corrected chi connectivity index (χ0v) is 10.7. The largest absolute Gasteiger partial charge is 0.366 e. The Labute approximate surface area is 102 Å². The van der Waals surface area contributed by atoms with Crippen LogP contribution in [0.1, 0.15) is 33.1 Å². The highest BCUT2D eigenvalue weighted by Gasteiger charge is 2.31. The number of nitrogens with one attached hydrogen (secondary N) is 1. The molecule has 0 radical (unpaired) electrons. The molecule has 1 fully saturated rings. The third-order valence-corrected chi connectivity index (χ3v) is 4.14. The van der Waals surface area contributed by atoms with Crippen molar-refractivity contribution in [1.82, 2.24) is 4.98 Å². The quantitative estimate of drug-likeness (QED) is 0.862. The highest BCUT2D eigenvalue weighted by atomic mass is 35.5. The fourth-order valence-electron chi connectivity index (χ4n) is 2.69. The summed E-state index contributed by atoms with van der Waals surface area (Å²) in [4.78, 5) is 4.28. The first-order valence-corrected chi connectivity index (χ1v) is 6.47. The van der Waals surface area contributed by atoms with E-state index in [0.29, 0.717) is 12.0 Å². The van der Waals surface area contributed by atoms with E-state index in [1.165, 1.54) is 19.3 Å². The van der Waals surface area contributed by atoms with Gasteiger partial charge in [0.25, 0.3) is 0 Å². The molecule has 1 aromatic rings. The van der Waals surface area contributed by atoms with Gasteiger partial charge < -0.3 is 5.32 Å². The van der Waals surface area contributed by atoms with Crippen molar-refractivity contribution in [2.75, 3.05) is 5.32 Å². The van der Waals surface area contributed by atoms with E-state index in [1.807, 2.05) is 12.1 Å². The SMILES string of the molecule is CCC1CCC(Nc2ncccc2Cl)C1C. The summed E-state index contributed by atoms with van der Waals surface area (Å²) in [6.45, 7) is 4.60. The van der Waals surface area contributed by atoms with Gasteiger partial charge in [0.1, 0.15) is 5.82 Å². The van der Waals surface area contributed by atoms with Crippen LogP contribution in [-0.4, -0.2) is 11.0 Å². The van der Waals surface area contributed by atoms with E-state index in [-0.39, 0.29) is 0 Å². The molecule has 3 unspecified atom stereocenters. The lowest BCUT2D eigenvalue weighted by Gasteiger charge is -2.21. The normalized spacial score (nSPS) is 29.3. The van der Waals surface area contributed by atoms with Crippen LogP contribution in [-0.2, 0) is 0 Å². The summed E-state index contributed by atoms with van der Waals surface area (Å²) < 4.78 is 0. The fraction of sp³-hybridized carbons (Fsp3) is 0.615. The van der Waals surface area contributed by atoms with Crippen LogP contribution < -0.4 is 5.32 Å². The molecule has 1 aromatic heterocycles. The number of nitrogens with zero attached hydrogens (tertiary/aromatic N) is 1. The smallest absolute Gasteiger partial charge is 0.144 e. The summed E-state index contributed by atoms with van der Waals surface area (Å²) in [6, 6.07) is 4.27. The maximum absolute atomic E-state index is 6.10. The molecular weight excluding hydrogens is 220 g/mol. The molecule has 3 heteroatoms. The number of halogens is 1. The van der Waals surface area contributed by atoms with Gasteiger partial charge >= 0.3 is 0 Å². The second-order valence-corrected chi connectivity index (χ2v) is 5.10. The predicted octanol–water partition coefficient (Wildman–Crippen LogP) is 3.97. The molecule has 1 saturated carbocycles. The predicted molar refractivity (Wildman–Crippen MR) is 68.8 cm³/mol. The molecule has 2 nitrogen and oxygen atoms in total. The number of hydrogen-bond acceptors (Lipinski definition) is 2. The summed E-state index contributed by atoms with van der Waals surface area (Å²) in [5.74, 6) is 2.39. The maximum Gasteiger partial charge on any atom is 0.144 e. The molecule has 16 heavy (non-hydrogen) atoms. The third kappa shape index (κ3) is 2.32. The van der Waals surface area contributed by atoms with Crippen LogP contribution in [0.3, 0.4) is 0 Å². The van der Waals surface area contributed by atoms with Crippen molar-refractivity contribution >= 4 is 17.4 Å². The molecule has 1 aliphatic carbocycles. The Balaban J connectivity index is 2.04. The summed E-state index contributed by atoms with van der Waals surface area (Å²) >= 11 is 6.10. The van der Waals surface area contributed by atoms with Crippen molar-refractivity contribution in [3.05, 3.63) is 23.4 Å². The van der Waals surface area contributed by atoms with Crippen LogP contribution >= 0.6 is 11.6 Å². The maximum atomic E-state index is 6.10. The first-order valence-electron chi connectivity index (χ1n) is 6.09. The van der Waals surface area contributed by atoms with E-state index in [9.17, 15) is 0 Å². The van der Waals surface area contributed by atoms with Crippen molar-refractivity contribution in [1.29, 1.82) is 0 Å². The van der Waals surface area contributed by atoms with Crippen molar-refractivity contribution in [2.24, 2.45) is 11.8 Å². The minimum Gasteiger partial charge on any atom is -0.366 e. The van der Waals surface area contributed by atoms with Crippen molar-refractivity contribution in [3.63, 3.8) is 0 Å². The van der Waals surface area contributed by atoms with Crippen LogP contribution in [0.5, 0.6) is 0 Å². The van der Waals surface area contributed by atoms with Gasteiger partial charge in [0.2, 0.25) is 0 Å². The number of anilines is 1. The molecule has 1 aliphatic rings. The molecule has 1 heterocycles. The van der Waals surface area contributed by atoms with E-state index in [0.717, 1.165) is 16.8 Å².